The molecule has 8 atom stereocenters. The Morgan fingerprint density at radius 1 is 0.305 bits per heavy atom. The Labute approximate surface area is 653 Å². The van der Waals surface area contributed by atoms with Gasteiger partial charge in [-0.2, -0.15) is 0 Å². The van der Waals surface area contributed by atoms with Crippen molar-refractivity contribution in [1.82, 2.24) is 0 Å². The summed E-state index contributed by atoms with van der Waals surface area (Å²) in [5.41, 5.74) is 2.39. The molecule has 0 heterocycles. The van der Waals surface area contributed by atoms with Crippen molar-refractivity contribution in [1.29, 1.82) is 0 Å². The molecule has 6 nitrogen and oxygen atoms in total. The van der Waals surface area contributed by atoms with Crippen molar-refractivity contribution in [2.24, 2.45) is 138 Å². The zero-order valence-electron chi connectivity index (χ0n) is 74.9. The van der Waals surface area contributed by atoms with Gasteiger partial charge in [-0.3, -0.25) is 28.8 Å². The van der Waals surface area contributed by atoms with Crippen LogP contribution in [0.2, 0.25) is 0 Å². The average molecular weight is 1460 g/mol. The maximum Gasteiger partial charge on any atom is 0.137 e. The number of ketones is 6. The first-order valence-electron chi connectivity index (χ1n) is 45.0. The van der Waals surface area contributed by atoms with E-state index in [9.17, 15) is 28.8 Å². The fraction of sp³-hybridized carbons (Fsp3) is 0.919. The highest BCUT2D eigenvalue weighted by molar-refractivity contribution is 5.84. The Kier molecular flexibility index (Phi) is 38.6. The minimum Gasteiger partial charge on any atom is -0.299 e. The molecule has 0 saturated heterocycles. The molecule has 8 unspecified atom stereocenters. The Balaban J connectivity index is 0.000000267. The minimum atomic E-state index is 0.115. The second kappa shape index (κ2) is 42.6. The third-order valence-electron chi connectivity index (χ3n) is 24.1. The zero-order chi connectivity index (χ0) is 79.3. The molecule has 9 saturated carbocycles. The van der Waals surface area contributed by atoms with Crippen LogP contribution in [0.4, 0.5) is 0 Å². The summed E-state index contributed by atoms with van der Waals surface area (Å²) in [6.07, 6.45) is 49.7. The van der Waals surface area contributed by atoms with Gasteiger partial charge in [0.25, 0.3) is 0 Å². The summed E-state index contributed by atoms with van der Waals surface area (Å²) < 4.78 is 0. The second-order valence-corrected chi connectivity index (χ2v) is 47.6. The van der Waals surface area contributed by atoms with Crippen LogP contribution in [0.1, 0.15) is 443 Å². The molecule has 0 N–H and O–H groups in total. The molecule has 6 heteroatoms. The van der Waals surface area contributed by atoms with Crippen molar-refractivity contribution in [3.05, 3.63) is 12.2 Å². The predicted octanol–water partition coefficient (Wildman–Crippen LogP) is 29.3. The molecule has 9 fully saturated rings. The summed E-state index contributed by atoms with van der Waals surface area (Å²) in [4.78, 5) is 74.5. The van der Waals surface area contributed by atoms with Gasteiger partial charge < -0.3 is 0 Å². The van der Waals surface area contributed by atoms with E-state index in [1.54, 1.807) is 0 Å². The van der Waals surface area contributed by atoms with E-state index in [1.807, 2.05) is 6.92 Å². The van der Waals surface area contributed by atoms with E-state index >= 15 is 0 Å². The molecule has 0 bridgehead atoms. The van der Waals surface area contributed by atoms with Gasteiger partial charge in [0.15, 0.2) is 0 Å². The van der Waals surface area contributed by atoms with Crippen molar-refractivity contribution >= 4 is 34.7 Å². The third-order valence-corrected chi connectivity index (χ3v) is 24.1. The molecule has 0 aromatic rings. The van der Waals surface area contributed by atoms with E-state index in [0.717, 1.165) is 129 Å². The SMILES string of the molecule is C=C(C)CC(CCC1CC1)C(=O)CC(C)(C)C.CC(C)(C)CC(=O)C(CCC1CC1)C(C)(C)C.CC(C)(C)CC(=O)C(CCC1CC1)CC(C)(C)C.CC(C)(C)CC(=O)C(CCC1CC1)CC1CC1.CC(C)(C)CC(=O)C(CCC1CC1)CC1CCC1.CC1CC1CC(CCC1CC1)C(=O)CC(C)(C)C. The molecule has 0 aromatic carbocycles. The van der Waals surface area contributed by atoms with Crippen molar-refractivity contribution < 1.29 is 28.8 Å². The fourth-order valence-corrected chi connectivity index (χ4v) is 16.2. The van der Waals surface area contributed by atoms with Gasteiger partial charge in [-0.25, -0.2) is 0 Å². The van der Waals surface area contributed by atoms with E-state index < -0.39 is 0 Å². The van der Waals surface area contributed by atoms with Crippen LogP contribution >= 0.6 is 0 Å². The van der Waals surface area contributed by atoms with E-state index in [2.05, 4.69) is 180 Å². The van der Waals surface area contributed by atoms with Crippen molar-refractivity contribution in [3.63, 3.8) is 0 Å². The number of rotatable bonds is 39. The van der Waals surface area contributed by atoms with Crippen LogP contribution in [-0.2, 0) is 28.8 Å². The van der Waals surface area contributed by atoms with Gasteiger partial charge in [0.05, 0.1) is 0 Å². The maximum absolute atomic E-state index is 12.5. The van der Waals surface area contributed by atoms with E-state index in [4.69, 9.17) is 0 Å². The first-order chi connectivity index (χ1) is 48.2. The summed E-state index contributed by atoms with van der Waals surface area (Å²) in [7, 11) is 0. The number of hydrogen-bond donors (Lipinski definition) is 0. The predicted molar refractivity (Wildman–Crippen MR) is 451 cm³/mol. The van der Waals surface area contributed by atoms with Gasteiger partial charge in [0.1, 0.15) is 34.7 Å². The van der Waals surface area contributed by atoms with Crippen LogP contribution in [-0.4, -0.2) is 34.7 Å². The maximum atomic E-state index is 12.5. The van der Waals surface area contributed by atoms with Crippen LogP contribution < -0.4 is 0 Å². The number of allylic oxidation sites excluding steroid dienone is 1. The molecule has 610 valence electrons. The van der Waals surface area contributed by atoms with Crippen molar-refractivity contribution in [2.75, 3.05) is 0 Å². The second-order valence-electron chi connectivity index (χ2n) is 47.6. The molecule has 0 spiro atoms. The number of Topliss-reactive ketones (excluding diaryl/α,β-unsaturated/α-hetero) is 6. The smallest absolute Gasteiger partial charge is 0.137 e. The molecule has 0 aliphatic heterocycles. The zero-order valence-corrected chi connectivity index (χ0v) is 74.9. The summed E-state index contributed by atoms with van der Waals surface area (Å²) in [5, 5.41) is 0. The summed E-state index contributed by atoms with van der Waals surface area (Å²) in [5.74, 6) is 14.2. The highest BCUT2D eigenvalue weighted by Crippen LogP contribution is 2.48. The molecule has 9 aliphatic carbocycles. The quantitative estimate of drug-likeness (QED) is 0.0568. The molecule has 0 aromatic heterocycles. The third kappa shape index (κ3) is 50.4. The van der Waals surface area contributed by atoms with E-state index in [-0.39, 0.29) is 55.2 Å². The van der Waals surface area contributed by atoms with Crippen LogP contribution in [0.5, 0.6) is 0 Å². The first kappa shape index (κ1) is 95.1. The molecule has 0 amide bonds. The molecule has 9 aliphatic rings. The topological polar surface area (TPSA) is 102 Å². The van der Waals surface area contributed by atoms with Gasteiger partial charge >= 0.3 is 0 Å². The lowest BCUT2D eigenvalue weighted by atomic mass is 9.72. The summed E-state index contributed by atoms with van der Waals surface area (Å²) in [6, 6.07) is 0. The Bertz CT molecular complexity index is 2530. The van der Waals surface area contributed by atoms with Crippen LogP contribution in [0.25, 0.3) is 0 Å². The number of carbonyl (C=O) groups excluding carboxylic acids is 6. The normalized spacial score (nSPS) is 21.7. The standard InChI is InChI=1S/2C17H30O.C17H32O.C16H28O.C16H30O.C16H28O/c1-12-9-15(12)10-14(8-7-13-5-6-13)16(18)11-17(2,3)4;1-17(2,3)12-16(18)15(10-9-13-7-8-13)11-14-5-4-6-14;1-16(2,3)11-14(10-9-13-7-8-13)15(18)12-17(4,5)6;1-16(2,3)11-15(17)14(10-13-6-7-13)9-8-12-4-5-12;1-15(2,3)11-14(17)13(16(4,5)6)10-9-12-7-8-12;1-12(2)10-14(9-8-13-6-7-13)15(17)11-16(3,4)5/h12-15H,5-11H2,1-4H3;13-15H,4-12H2,1-3H3;13-14H,7-12H2,1-6H3;12-14H,4-11H2,1-3H3;12-13H,7-11H2,1-6H3;13-14H,1,6-11H2,2-5H3. The Morgan fingerprint density at radius 3 is 0.781 bits per heavy atom. The van der Waals surface area contributed by atoms with Crippen molar-refractivity contribution in [3.8, 4) is 0 Å². The molecule has 105 heavy (non-hydrogen) atoms. The van der Waals surface area contributed by atoms with Gasteiger partial charge in [0, 0.05) is 74.0 Å². The minimum absolute atomic E-state index is 0.115. The van der Waals surface area contributed by atoms with Crippen LogP contribution in [0, 0.1) is 138 Å². The lowest BCUT2D eigenvalue weighted by molar-refractivity contribution is -0.128. The highest BCUT2D eigenvalue weighted by Gasteiger charge is 2.40. The highest BCUT2D eigenvalue weighted by atomic mass is 16.1. The lowest BCUT2D eigenvalue weighted by Gasteiger charge is -2.32. The van der Waals surface area contributed by atoms with Crippen LogP contribution in [0.15, 0.2) is 12.2 Å². The number of hydrogen-bond acceptors (Lipinski definition) is 6. The summed E-state index contributed by atoms with van der Waals surface area (Å²) >= 11 is 0. The van der Waals surface area contributed by atoms with E-state index in [0.29, 0.717) is 64.8 Å². The molecular weight excluding hydrogens is 1290 g/mol. The Hall–Kier alpha value is -2.24. The molecule has 0 radical (unpaired) electrons. The summed E-state index contributed by atoms with van der Waals surface area (Å²) in [6.45, 7) is 60.8. The number of carbonyl (C=O) groups is 6. The van der Waals surface area contributed by atoms with Gasteiger partial charge in [-0.1, -0.05) is 288 Å². The Morgan fingerprint density at radius 2 is 0.543 bits per heavy atom. The largest absolute Gasteiger partial charge is 0.299 e. The van der Waals surface area contributed by atoms with Gasteiger partial charge in [-0.05, 0) is 225 Å². The molecular formula is C99H178O6. The first-order valence-corrected chi connectivity index (χ1v) is 45.0. The van der Waals surface area contributed by atoms with Crippen LogP contribution in [0.3, 0.4) is 0 Å². The van der Waals surface area contributed by atoms with Crippen molar-refractivity contribution in [2.45, 2.75) is 443 Å². The van der Waals surface area contributed by atoms with Gasteiger partial charge in [-0.15, -0.1) is 6.58 Å². The van der Waals surface area contributed by atoms with Gasteiger partial charge in [0.2, 0.25) is 0 Å². The van der Waals surface area contributed by atoms with E-state index in [1.165, 1.54) is 193 Å². The average Bonchev–Trinajstić information content (AvgIpc) is 1.61. The fourth-order valence-electron chi connectivity index (χ4n) is 16.2. The monoisotopic (exact) mass is 1460 g/mol. The lowest BCUT2D eigenvalue weighted by Crippen LogP contribution is -2.31. The molecule has 9 rings (SSSR count).